The zero-order valence-corrected chi connectivity index (χ0v) is 30.0. The van der Waals surface area contributed by atoms with Crippen LogP contribution in [-0.4, -0.2) is 70.9 Å². The van der Waals surface area contributed by atoms with Crippen molar-refractivity contribution in [1.82, 2.24) is 15.1 Å². The number of amides is 1. The van der Waals surface area contributed by atoms with E-state index in [1.807, 2.05) is 19.9 Å². The first-order valence-electron chi connectivity index (χ1n) is 18.7. The SMILES string of the molecule is C=C(C)N(/C=C\C)CCCN(CC(O)CCCCC)CC(O)CCCCNC(=O)C(CCCCCC)CCCCCCCC. The molecule has 260 valence electrons. The zero-order chi connectivity index (χ0) is 32.8. The summed E-state index contributed by atoms with van der Waals surface area (Å²) in [5, 5.41) is 24.8. The van der Waals surface area contributed by atoms with Gasteiger partial charge in [0, 0.05) is 44.3 Å². The van der Waals surface area contributed by atoms with Gasteiger partial charge in [-0.2, -0.15) is 0 Å². The quantitative estimate of drug-likeness (QED) is 0.0654. The van der Waals surface area contributed by atoms with Gasteiger partial charge in [0.1, 0.15) is 0 Å². The molecule has 0 radical (unpaired) electrons. The summed E-state index contributed by atoms with van der Waals surface area (Å²) in [6.07, 6.45) is 25.4. The van der Waals surface area contributed by atoms with Gasteiger partial charge in [-0.05, 0) is 65.0 Å². The monoisotopic (exact) mass is 622 g/mol. The van der Waals surface area contributed by atoms with E-state index in [4.69, 9.17) is 0 Å². The van der Waals surface area contributed by atoms with Gasteiger partial charge in [0.25, 0.3) is 0 Å². The molecule has 0 aliphatic carbocycles. The maximum Gasteiger partial charge on any atom is 0.223 e. The Morgan fingerprint density at radius 1 is 0.705 bits per heavy atom. The highest BCUT2D eigenvalue weighted by Crippen LogP contribution is 2.19. The lowest BCUT2D eigenvalue weighted by Crippen LogP contribution is -2.39. The number of aliphatic hydroxyl groups is 2. The predicted molar refractivity (Wildman–Crippen MR) is 191 cm³/mol. The second-order valence-electron chi connectivity index (χ2n) is 13.2. The number of aliphatic hydroxyl groups excluding tert-OH is 2. The molecular weight excluding hydrogens is 546 g/mol. The van der Waals surface area contributed by atoms with Crippen LogP contribution in [0.25, 0.3) is 0 Å². The van der Waals surface area contributed by atoms with Gasteiger partial charge >= 0.3 is 0 Å². The van der Waals surface area contributed by atoms with E-state index in [0.717, 1.165) is 89.4 Å². The molecule has 0 aromatic rings. The fraction of sp³-hybridized carbons (Fsp3) is 0.868. The molecule has 1 amide bonds. The number of nitrogens with zero attached hydrogens (tertiary/aromatic N) is 2. The van der Waals surface area contributed by atoms with Crippen molar-refractivity contribution in [2.24, 2.45) is 5.92 Å². The first kappa shape index (κ1) is 42.6. The first-order chi connectivity index (χ1) is 21.3. The molecule has 3 unspecified atom stereocenters. The molecule has 0 aromatic carbocycles. The molecule has 3 N–H and O–H groups in total. The lowest BCUT2D eigenvalue weighted by Gasteiger charge is -2.29. The first-order valence-corrected chi connectivity index (χ1v) is 18.7. The van der Waals surface area contributed by atoms with Crippen molar-refractivity contribution >= 4 is 5.91 Å². The molecule has 6 nitrogen and oxygen atoms in total. The number of carbonyl (C=O) groups excluding carboxylic acids is 1. The molecule has 0 heterocycles. The van der Waals surface area contributed by atoms with E-state index in [9.17, 15) is 15.0 Å². The molecule has 0 bridgehead atoms. The van der Waals surface area contributed by atoms with Crippen molar-refractivity contribution in [2.75, 3.05) is 32.7 Å². The molecule has 0 saturated carbocycles. The maximum atomic E-state index is 13.0. The number of carbonyl (C=O) groups is 1. The van der Waals surface area contributed by atoms with Gasteiger partial charge in [0.15, 0.2) is 0 Å². The van der Waals surface area contributed by atoms with Crippen LogP contribution in [0.2, 0.25) is 0 Å². The highest BCUT2D eigenvalue weighted by molar-refractivity contribution is 5.78. The Labute approximate surface area is 274 Å². The Hall–Kier alpha value is -1.37. The van der Waals surface area contributed by atoms with Crippen molar-refractivity contribution in [3.05, 3.63) is 24.6 Å². The number of hydrogen-bond donors (Lipinski definition) is 3. The molecule has 0 aliphatic heterocycles. The normalized spacial score (nSPS) is 13.8. The van der Waals surface area contributed by atoms with Crippen molar-refractivity contribution in [2.45, 2.75) is 175 Å². The van der Waals surface area contributed by atoms with Gasteiger partial charge in [-0.25, -0.2) is 0 Å². The largest absolute Gasteiger partial charge is 0.392 e. The van der Waals surface area contributed by atoms with Crippen molar-refractivity contribution in [3.63, 3.8) is 0 Å². The summed E-state index contributed by atoms with van der Waals surface area (Å²) >= 11 is 0. The van der Waals surface area contributed by atoms with E-state index >= 15 is 0 Å². The Balaban J connectivity index is 4.67. The number of allylic oxidation sites excluding steroid dienone is 2. The molecule has 0 aliphatic rings. The second-order valence-corrected chi connectivity index (χ2v) is 13.2. The summed E-state index contributed by atoms with van der Waals surface area (Å²) in [5.74, 6) is 0.384. The standard InChI is InChI=1S/C38H75N3O3/c1-7-11-14-16-17-20-25-35(24-19-15-12-8-2)38(44)39-28-22-21-27-37(43)33-40(32-36(42)26-18-13-9-3)30-23-31-41(29-10-4)34(5)6/h10,29,35-37,42-43H,5,7-9,11-28,30-33H2,1-4,6H3,(H,39,44)/b29-10-. The van der Waals surface area contributed by atoms with Crippen molar-refractivity contribution in [1.29, 1.82) is 0 Å². The molecule has 44 heavy (non-hydrogen) atoms. The van der Waals surface area contributed by atoms with Crippen LogP contribution >= 0.6 is 0 Å². The average molecular weight is 622 g/mol. The molecule has 3 atom stereocenters. The third-order valence-electron chi connectivity index (χ3n) is 8.72. The van der Waals surface area contributed by atoms with Gasteiger partial charge in [0.05, 0.1) is 12.2 Å². The minimum atomic E-state index is -0.430. The van der Waals surface area contributed by atoms with Crippen LogP contribution in [0, 0.1) is 5.92 Å². The minimum absolute atomic E-state index is 0.148. The Bertz CT molecular complexity index is 699. The van der Waals surface area contributed by atoms with Crippen molar-refractivity contribution < 1.29 is 15.0 Å². The lowest BCUT2D eigenvalue weighted by molar-refractivity contribution is -0.125. The molecule has 0 rings (SSSR count). The van der Waals surface area contributed by atoms with Crippen LogP contribution in [0.5, 0.6) is 0 Å². The van der Waals surface area contributed by atoms with Gasteiger partial charge < -0.3 is 20.4 Å². The van der Waals surface area contributed by atoms with E-state index in [0.29, 0.717) is 26.1 Å². The molecule has 0 fully saturated rings. The van der Waals surface area contributed by atoms with Gasteiger partial charge in [0.2, 0.25) is 5.91 Å². The van der Waals surface area contributed by atoms with Crippen LogP contribution in [0.1, 0.15) is 163 Å². The molecular formula is C38H75N3O3. The van der Waals surface area contributed by atoms with E-state index in [2.05, 4.69) is 48.7 Å². The van der Waals surface area contributed by atoms with E-state index < -0.39 is 6.10 Å². The summed E-state index contributed by atoms with van der Waals surface area (Å²) in [4.78, 5) is 17.4. The minimum Gasteiger partial charge on any atom is -0.392 e. The van der Waals surface area contributed by atoms with Crippen molar-refractivity contribution in [3.8, 4) is 0 Å². The summed E-state index contributed by atoms with van der Waals surface area (Å²) < 4.78 is 0. The summed E-state index contributed by atoms with van der Waals surface area (Å²) in [5.41, 5.74) is 1.02. The van der Waals surface area contributed by atoms with Crippen LogP contribution in [-0.2, 0) is 4.79 Å². The summed E-state index contributed by atoms with van der Waals surface area (Å²) in [6.45, 7) is 18.3. The Morgan fingerprint density at radius 2 is 1.18 bits per heavy atom. The zero-order valence-electron chi connectivity index (χ0n) is 30.0. The second kappa shape index (κ2) is 30.3. The van der Waals surface area contributed by atoms with Gasteiger partial charge in [-0.1, -0.05) is 117 Å². The molecule has 0 saturated heterocycles. The highest BCUT2D eigenvalue weighted by atomic mass is 16.3. The fourth-order valence-electron chi connectivity index (χ4n) is 5.96. The molecule has 6 heteroatoms. The molecule has 0 aromatic heterocycles. The number of nitrogens with one attached hydrogen (secondary N) is 1. The van der Waals surface area contributed by atoms with Gasteiger partial charge in [-0.15, -0.1) is 0 Å². The third kappa shape index (κ3) is 24.9. The number of unbranched alkanes of at least 4 members (excludes halogenated alkanes) is 11. The Kier molecular flexibility index (Phi) is 29.3. The van der Waals surface area contributed by atoms with Crippen LogP contribution < -0.4 is 5.32 Å². The average Bonchev–Trinajstić information content (AvgIpc) is 2.99. The van der Waals surface area contributed by atoms with Crippen LogP contribution in [0.3, 0.4) is 0 Å². The fourth-order valence-corrected chi connectivity index (χ4v) is 5.96. The third-order valence-corrected chi connectivity index (χ3v) is 8.72. The smallest absolute Gasteiger partial charge is 0.223 e. The topological polar surface area (TPSA) is 76.0 Å². The summed E-state index contributed by atoms with van der Waals surface area (Å²) in [6, 6.07) is 0. The summed E-state index contributed by atoms with van der Waals surface area (Å²) in [7, 11) is 0. The Morgan fingerprint density at radius 3 is 1.73 bits per heavy atom. The van der Waals surface area contributed by atoms with Crippen LogP contribution in [0.4, 0.5) is 0 Å². The number of hydrogen-bond acceptors (Lipinski definition) is 5. The molecule has 0 spiro atoms. The van der Waals surface area contributed by atoms with Gasteiger partial charge in [-0.3, -0.25) is 9.69 Å². The van der Waals surface area contributed by atoms with E-state index in [1.165, 1.54) is 51.4 Å². The van der Waals surface area contributed by atoms with E-state index in [-0.39, 0.29) is 17.9 Å². The predicted octanol–water partition coefficient (Wildman–Crippen LogP) is 8.97. The maximum absolute atomic E-state index is 13.0. The lowest BCUT2D eigenvalue weighted by atomic mass is 9.93. The van der Waals surface area contributed by atoms with Crippen LogP contribution in [0.15, 0.2) is 24.6 Å². The number of rotatable bonds is 32. The van der Waals surface area contributed by atoms with E-state index in [1.54, 1.807) is 0 Å². The highest BCUT2D eigenvalue weighted by Gasteiger charge is 2.18.